The molecule has 0 aliphatic heterocycles. The van der Waals surface area contributed by atoms with Crippen LogP contribution in [0, 0.1) is 5.92 Å². The molecule has 20 heavy (non-hydrogen) atoms. The van der Waals surface area contributed by atoms with Crippen molar-refractivity contribution in [3.05, 3.63) is 27.7 Å². The number of hydrogen-bond donors (Lipinski definition) is 2. The summed E-state index contributed by atoms with van der Waals surface area (Å²) < 4.78 is 0. The van der Waals surface area contributed by atoms with Gasteiger partial charge in [0.15, 0.2) is 0 Å². The van der Waals surface area contributed by atoms with Crippen LogP contribution >= 0.6 is 23.2 Å². The third-order valence-corrected chi connectivity index (χ3v) is 4.83. The SMILES string of the molecule is C[C@H](NCc1cc(Cl)cc(Cl)c1O)C1CCCCCC1. The minimum Gasteiger partial charge on any atom is -0.506 e. The molecule has 4 heteroatoms. The van der Waals surface area contributed by atoms with Crippen LogP contribution in [0.25, 0.3) is 0 Å². The Kier molecular flexibility index (Phi) is 6.01. The number of rotatable bonds is 4. The molecule has 0 saturated heterocycles. The second-order valence-corrected chi connectivity index (χ2v) is 6.66. The summed E-state index contributed by atoms with van der Waals surface area (Å²) in [6.45, 7) is 2.84. The summed E-state index contributed by atoms with van der Waals surface area (Å²) in [5, 5.41) is 14.4. The normalized spacial score (nSPS) is 18.8. The van der Waals surface area contributed by atoms with Crippen molar-refractivity contribution in [1.29, 1.82) is 0 Å². The van der Waals surface area contributed by atoms with Crippen LogP contribution in [0.5, 0.6) is 5.75 Å². The molecule has 0 spiro atoms. The van der Waals surface area contributed by atoms with Gasteiger partial charge in [0.1, 0.15) is 5.75 Å². The van der Waals surface area contributed by atoms with E-state index in [1.165, 1.54) is 38.5 Å². The van der Waals surface area contributed by atoms with Gasteiger partial charge in [0.25, 0.3) is 0 Å². The highest BCUT2D eigenvalue weighted by Crippen LogP contribution is 2.31. The van der Waals surface area contributed by atoms with E-state index in [1.807, 2.05) is 0 Å². The van der Waals surface area contributed by atoms with E-state index in [4.69, 9.17) is 23.2 Å². The Bertz CT molecular complexity index is 442. The molecule has 1 fully saturated rings. The molecule has 2 N–H and O–H groups in total. The minimum atomic E-state index is 0.136. The summed E-state index contributed by atoms with van der Waals surface area (Å²) in [7, 11) is 0. The topological polar surface area (TPSA) is 32.3 Å². The summed E-state index contributed by atoms with van der Waals surface area (Å²) in [4.78, 5) is 0. The number of nitrogens with one attached hydrogen (secondary N) is 1. The van der Waals surface area contributed by atoms with Gasteiger partial charge in [-0.25, -0.2) is 0 Å². The monoisotopic (exact) mass is 315 g/mol. The Labute approximate surface area is 131 Å². The van der Waals surface area contributed by atoms with E-state index in [0.717, 1.165) is 11.5 Å². The molecule has 2 nitrogen and oxygen atoms in total. The van der Waals surface area contributed by atoms with Crippen molar-refractivity contribution in [3.63, 3.8) is 0 Å². The van der Waals surface area contributed by atoms with Crippen LogP contribution in [0.1, 0.15) is 51.0 Å². The highest BCUT2D eigenvalue weighted by Gasteiger charge is 2.19. The zero-order valence-corrected chi connectivity index (χ0v) is 13.5. The van der Waals surface area contributed by atoms with E-state index in [0.29, 0.717) is 22.6 Å². The Hall–Kier alpha value is -0.440. The molecule has 1 aromatic carbocycles. The molecule has 1 saturated carbocycles. The summed E-state index contributed by atoms with van der Waals surface area (Å²) >= 11 is 11.9. The zero-order valence-electron chi connectivity index (χ0n) is 12.0. The predicted molar refractivity (Wildman–Crippen MR) is 85.6 cm³/mol. The molecular formula is C16H23Cl2NO. The maximum atomic E-state index is 9.96. The largest absolute Gasteiger partial charge is 0.506 e. The standard InChI is InChI=1S/C16H23Cl2NO/c1-11(12-6-4-2-3-5-7-12)19-10-13-8-14(17)9-15(18)16(13)20/h8-9,11-12,19-20H,2-7,10H2,1H3/t11-/m0/s1. The first kappa shape index (κ1) is 15.9. The van der Waals surface area contributed by atoms with Crippen molar-refractivity contribution >= 4 is 23.2 Å². The fourth-order valence-electron chi connectivity index (χ4n) is 3.00. The third kappa shape index (κ3) is 4.28. The van der Waals surface area contributed by atoms with E-state index in [9.17, 15) is 5.11 Å². The minimum absolute atomic E-state index is 0.136. The third-order valence-electron chi connectivity index (χ3n) is 4.33. The first-order valence-corrected chi connectivity index (χ1v) is 8.24. The molecule has 0 bridgehead atoms. The van der Waals surface area contributed by atoms with Gasteiger partial charge in [0.05, 0.1) is 5.02 Å². The van der Waals surface area contributed by atoms with Crippen LogP contribution in [0.15, 0.2) is 12.1 Å². The fraction of sp³-hybridized carbons (Fsp3) is 0.625. The Morgan fingerprint density at radius 3 is 2.50 bits per heavy atom. The second-order valence-electron chi connectivity index (χ2n) is 5.82. The highest BCUT2D eigenvalue weighted by molar-refractivity contribution is 6.35. The molecule has 0 amide bonds. The first-order valence-electron chi connectivity index (χ1n) is 7.48. The molecule has 0 radical (unpaired) electrons. The zero-order chi connectivity index (χ0) is 14.5. The summed E-state index contributed by atoms with van der Waals surface area (Å²) in [5.41, 5.74) is 0.767. The Morgan fingerprint density at radius 2 is 1.85 bits per heavy atom. The molecule has 1 atom stereocenters. The number of benzene rings is 1. The van der Waals surface area contributed by atoms with Crippen LogP contribution in [0.4, 0.5) is 0 Å². The van der Waals surface area contributed by atoms with Crippen molar-refractivity contribution in [2.45, 2.75) is 58.0 Å². The fourth-order valence-corrected chi connectivity index (χ4v) is 3.54. The first-order chi connectivity index (χ1) is 9.58. The van der Waals surface area contributed by atoms with Gasteiger partial charge in [-0.3, -0.25) is 0 Å². The van der Waals surface area contributed by atoms with Gasteiger partial charge in [-0.2, -0.15) is 0 Å². The number of phenols is 1. The maximum absolute atomic E-state index is 9.96. The van der Waals surface area contributed by atoms with Crippen LogP contribution < -0.4 is 5.32 Å². The van der Waals surface area contributed by atoms with Gasteiger partial charge in [-0.15, -0.1) is 0 Å². The number of hydrogen-bond acceptors (Lipinski definition) is 2. The molecule has 1 aromatic rings. The quantitative estimate of drug-likeness (QED) is 0.753. The van der Waals surface area contributed by atoms with Gasteiger partial charge in [-0.05, 0) is 37.8 Å². The van der Waals surface area contributed by atoms with Crippen molar-refractivity contribution in [1.82, 2.24) is 5.32 Å². The summed E-state index contributed by atoms with van der Waals surface area (Å²) in [5.74, 6) is 0.867. The molecule has 112 valence electrons. The van der Waals surface area contributed by atoms with E-state index >= 15 is 0 Å². The summed E-state index contributed by atoms with van der Waals surface area (Å²) in [6.07, 6.45) is 8.02. The van der Waals surface area contributed by atoms with Crippen LogP contribution in [0.3, 0.4) is 0 Å². The van der Waals surface area contributed by atoms with Gasteiger partial charge in [-0.1, -0.05) is 48.9 Å². The Balaban J connectivity index is 1.94. The molecule has 0 aromatic heterocycles. The Morgan fingerprint density at radius 1 is 1.20 bits per heavy atom. The molecule has 0 unspecified atom stereocenters. The lowest BCUT2D eigenvalue weighted by Crippen LogP contribution is -2.33. The van der Waals surface area contributed by atoms with Crippen LogP contribution in [0.2, 0.25) is 10.0 Å². The van der Waals surface area contributed by atoms with E-state index < -0.39 is 0 Å². The lowest BCUT2D eigenvalue weighted by atomic mass is 9.93. The van der Waals surface area contributed by atoms with E-state index in [1.54, 1.807) is 12.1 Å². The lowest BCUT2D eigenvalue weighted by molar-refractivity contribution is 0.335. The van der Waals surface area contributed by atoms with E-state index in [2.05, 4.69) is 12.2 Å². The maximum Gasteiger partial charge on any atom is 0.138 e. The van der Waals surface area contributed by atoms with E-state index in [-0.39, 0.29) is 5.75 Å². The van der Waals surface area contributed by atoms with Gasteiger partial charge in [0, 0.05) is 23.2 Å². The predicted octanol–water partition coefficient (Wildman–Crippen LogP) is 5.15. The molecular weight excluding hydrogens is 293 g/mol. The number of aromatic hydroxyl groups is 1. The smallest absolute Gasteiger partial charge is 0.138 e. The lowest BCUT2D eigenvalue weighted by Gasteiger charge is -2.24. The molecule has 1 aliphatic rings. The number of halogens is 2. The second kappa shape index (κ2) is 7.53. The number of phenolic OH excluding ortho intramolecular Hbond substituents is 1. The van der Waals surface area contributed by atoms with Gasteiger partial charge >= 0.3 is 0 Å². The van der Waals surface area contributed by atoms with Crippen LogP contribution in [-0.2, 0) is 6.54 Å². The van der Waals surface area contributed by atoms with Crippen molar-refractivity contribution in [2.75, 3.05) is 0 Å². The molecule has 1 aliphatic carbocycles. The van der Waals surface area contributed by atoms with Crippen molar-refractivity contribution in [3.8, 4) is 5.75 Å². The highest BCUT2D eigenvalue weighted by atomic mass is 35.5. The molecule has 2 rings (SSSR count). The summed E-state index contributed by atoms with van der Waals surface area (Å²) in [6, 6.07) is 3.79. The average molecular weight is 316 g/mol. The van der Waals surface area contributed by atoms with Gasteiger partial charge in [0.2, 0.25) is 0 Å². The molecule has 0 heterocycles. The van der Waals surface area contributed by atoms with Gasteiger partial charge < -0.3 is 10.4 Å². The van der Waals surface area contributed by atoms with Crippen molar-refractivity contribution in [2.24, 2.45) is 5.92 Å². The van der Waals surface area contributed by atoms with Crippen LogP contribution in [-0.4, -0.2) is 11.1 Å². The van der Waals surface area contributed by atoms with Crippen molar-refractivity contribution < 1.29 is 5.11 Å². The average Bonchev–Trinajstić information content (AvgIpc) is 2.69.